The lowest BCUT2D eigenvalue weighted by molar-refractivity contribution is -0.00869. The van der Waals surface area contributed by atoms with Gasteiger partial charge in [0, 0.05) is 11.9 Å². The molecule has 1 saturated heterocycles. The average Bonchev–Trinajstić information content (AvgIpc) is 2.53. The fourth-order valence-electron chi connectivity index (χ4n) is 3.40. The lowest BCUT2D eigenvalue weighted by Crippen LogP contribution is -2.53. The van der Waals surface area contributed by atoms with E-state index >= 15 is 0 Å². The van der Waals surface area contributed by atoms with Gasteiger partial charge in [-0.3, -0.25) is 0 Å². The molecule has 106 valence electrons. The van der Waals surface area contributed by atoms with Crippen LogP contribution in [0, 0.1) is 11.3 Å². The van der Waals surface area contributed by atoms with E-state index in [2.05, 4.69) is 39.0 Å². The van der Waals surface area contributed by atoms with Gasteiger partial charge in [-0.2, -0.15) is 5.26 Å². The zero-order valence-electron chi connectivity index (χ0n) is 11.5. The van der Waals surface area contributed by atoms with E-state index in [1.165, 1.54) is 19.3 Å². The molecule has 0 radical (unpaired) electrons. The van der Waals surface area contributed by atoms with Gasteiger partial charge >= 0.3 is 0 Å². The Morgan fingerprint density at radius 3 is 3.00 bits per heavy atom. The van der Waals surface area contributed by atoms with Crippen molar-refractivity contribution in [3.8, 4) is 6.07 Å². The summed E-state index contributed by atoms with van der Waals surface area (Å²) in [4.78, 5) is 2.41. The van der Waals surface area contributed by atoms with Crippen LogP contribution in [0.15, 0.2) is 18.2 Å². The molecule has 2 aliphatic rings. The number of anilines is 1. The predicted molar refractivity (Wildman–Crippen MR) is 83.1 cm³/mol. The van der Waals surface area contributed by atoms with E-state index in [1.807, 2.05) is 6.07 Å². The van der Waals surface area contributed by atoms with Crippen molar-refractivity contribution in [1.29, 1.82) is 5.26 Å². The summed E-state index contributed by atoms with van der Waals surface area (Å²) in [6.45, 7) is 1.66. The Morgan fingerprint density at radius 2 is 2.20 bits per heavy atom. The van der Waals surface area contributed by atoms with Crippen molar-refractivity contribution in [2.45, 2.75) is 43.2 Å². The summed E-state index contributed by atoms with van der Waals surface area (Å²) in [6.07, 6.45) is 5.21. The Morgan fingerprint density at radius 1 is 1.35 bits per heavy atom. The van der Waals surface area contributed by atoms with Gasteiger partial charge in [-0.05, 0) is 30.5 Å². The number of fused-ring (bicyclic) bond motifs is 1. The van der Waals surface area contributed by atoms with E-state index in [0.29, 0.717) is 12.1 Å². The smallest absolute Gasteiger partial charge is 0.101 e. The lowest BCUT2D eigenvalue weighted by atomic mass is 9.89. The molecule has 2 unspecified atom stereocenters. The second kappa shape index (κ2) is 6.15. The number of hydrogen-bond donors (Lipinski definition) is 0. The molecule has 3 rings (SSSR count). The Labute approximate surface area is 128 Å². The van der Waals surface area contributed by atoms with Crippen LogP contribution in [0.1, 0.15) is 36.8 Å². The van der Waals surface area contributed by atoms with Gasteiger partial charge in [0.05, 0.1) is 30.0 Å². The van der Waals surface area contributed by atoms with Crippen molar-refractivity contribution in [3.05, 3.63) is 29.3 Å². The van der Waals surface area contributed by atoms with Crippen LogP contribution < -0.4 is 4.90 Å². The zero-order chi connectivity index (χ0) is 13.9. The Kier molecular flexibility index (Phi) is 4.28. The highest BCUT2D eigenvalue weighted by Gasteiger charge is 2.35. The SMILES string of the molecule is N#Cc1cc(CBr)ccc1N1CCOC2CCCCC21. The molecule has 20 heavy (non-hydrogen) atoms. The number of halogens is 1. The molecule has 1 aliphatic carbocycles. The first-order valence-corrected chi connectivity index (χ1v) is 8.43. The van der Waals surface area contributed by atoms with Crippen molar-refractivity contribution in [2.24, 2.45) is 0 Å². The summed E-state index contributed by atoms with van der Waals surface area (Å²) in [7, 11) is 0. The van der Waals surface area contributed by atoms with Gasteiger partial charge in [0.25, 0.3) is 0 Å². The molecule has 0 bridgehead atoms. The quantitative estimate of drug-likeness (QED) is 0.775. The van der Waals surface area contributed by atoms with Crippen LogP contribution in [0.2, 0.25) is 0 Å². The standard InChI is InChI=1S/C16H19BrN2O/c17-10-12-5-6-14(13(9-12)11-18)19-7-8-20-16-4-2-1-3-15(16)19/h5-6,9,15-16H,1-4,7-8,10H2. The molecule has 2 fully saturated rings. The number of benzene rings is 1. The van der Waals surface area contributed by atoms with Gasteiger partial charge in [0.1, 0.15) is 6.07 Å². The maximum atomic E-state index is 9.44. The molecule has 2 atom stereocenters. The van der Waals surface area contributed by atoms with Crippen molar-refractivity contribution in [3.63, 3.8) is 0 Å². The van der Waals surface area contributed by atoms with Crippen LogP contribution in [-0.2, 0) is 10.1 Å². The van der Waals surface area contributed by atoms with Crippen LogP contribution in [-0.4, -0.2) is 25.3 Å². The summed E-state index contributed by atoms with van der Waals surface area (Å²) < 4.78 is 5.92. The number of ether oxygens (including phenoxy) is 1. The molecule has 0 spiro atoms. The maximum Gasteiger partial charge on any atom is 0.101 e. The summed E-state index contributed by atoms with van der Waals surface area (Å²) in [5.41, 5.74) is 3.02. The Hall–Kier alpha value is -1.05. The van der Waals surface area contributed by atoms with Crippen LogP contribution in [0.25, 0.3) is 0 Å². The number of alkyl halides is 1. The molecule has 1 saturated carbocycles. The number of nitrogens with zero attached hydrogens (tertiary/aromatic N) is 2. The molecule has 0 N–H and O–H groups in total. The van der Waals surface area contributed by atoms with E-state index in [4.69, 9.17) is 4.74 Å². The normalized spacial score (nSPS) is 25.9. The van der Waals surface area contributed by atoms with E-state index < -0.39 is 0 Å². The lowest BCUT2D eigenvalue weighted by Gasteiger charge is -2.45. The van der Waals surface area contributed by atoms with Crippen molar-refractivity contribution >= 4 is 21.6 Å². The third-order valence-corrected chi connectivity index (χ3v) is 5.02. The second-order valence-corrected chi connectivity index (χ2v) is 6.11. The fraction of sp³-hybridized carbons (Fsp3) is 0.562. The molecule has 1 aromatic carbocycles. The van der Waals surface area contributed by atoms with Crippen LogP contribution in [0.5, 0.6) is 0 Å². The largest absolute Gasteiger partial charge is 0.374 e. The number of hydrogen-bond acceptors (Lipinski definition) is 3. The number of nitriles is 1. The van der Waals surface area contributed by atoms with Gasteiger partial charge in [-0.25, -0.2) is 0 Å². The molecule has 1 aromatic rings. The number of morpholine rings is 1. The van der Waals surface area contributed by atoms with Gasteiger partial charge in [-0.1, -0.05) is 34.8 Å². The first-order chi connectivity index (χ1) is 9.83. The van der Waals surface area contributed by atoms with Crippen LogP contribution >= 0.6 is 15.9 Å². The predicted octanol–water partition coefficient (Wildman–Crippen LogP) is 3.60. The topological polar surface area (TPSA) is 36.3 Å². The Balaban J connectivity index is 1.93. The minimum Gasteiger partial charge on any atom is -0.374 e. The minimum absolute atomic E-state index is 0.347. The van der Waals surface area contributed by atoms with Crippen LogP contribution in [0.3, 0.4) is 0 Å². The van der Waals surface area contributed by atoms with E-state index in [-0.39, 0.29) is 0 Å². The molecule has 1 heterocycles. The highest BCUT2D eigenvalue weighted by Crippen LogP contribution is 2.34. The highest BCUT2D eigenvalue weighted by molar-refractivity contribution is 9.08. The van der Waals surface area contributed by atoms with Crippen molar-refractivity contribution in [1.82, 2.24) is 0 Å². The molecular formula is C16H19BrN2O. The third kappa shape index (κ3) is 2.57. The summed E-state index contributed by atoms with van der Waals surface area (Å²) in [6, 6.07) is 9.01. The highest BCUT2D eigenvalue weighted by atomic mass is 79.9. The van der Waals surface area contributed by atoms with Crippen LogP contribution in [0.4, 0.5) is 5.69 Å². The number of rotatable bonds is 2. The molecule has 0 aromatic heterocycles. The Bertz CT molecular complexity index is 524. The molecule has 0 amide bonds. The maximum absolute atomic E-state index is 9.44. The average molecular weight is 335 g/mol. The van der Waals surface area contributed by atoms with Gasteiger partial charge in [0.15, 0.2) is 0 Å². The van der Waals surface area contributed by atoms with E-state index in [9.17, 15) is 5.26 Å². The first-order valence-electron chi connectivity index (χ1n) is 7.30. The van der Waals surface area contributed by atoms with Gasteiger partial charge in [0.2, 0.25) is 0 Å². The fourth-order valence-corrected chi connectivity index (χ4v) is 3.75. The summed E-state index contributed by atoms with van der Waals surface area (Å²) >= 11 is 3.45. The summed E-state index contributed by atoms with van der Waals surface area (Å²) in [5.74, 6) is 0. The monoisotopic (exact) mass is 334 g/mol. The molecular weight excluding hydrogens is 316 g/mol. The van der Waals surface area contributed by atoms with Gasteiger partial charge in [-0.15, -0.1) is 0 Å². The molecule has 1 aliphatic heterocycles. The minimum atomic E-state index is 0.347. The second-order valence-electron chi connectivity index (χ2n) is 5.55. The zero-order valence-corrected chi connectivity index (χ0v) is 13.1. The van der Waals surface area contributed by atoms with Gasteiger partial charge < -0.3 is 9.64 Å². The van der Waals surface area contributed by atoms with Crippen molar-refractivity contribution in [2.75, 3.05) is 18.1 Å². The van der Waals surface area contributed by atoms with Crippen molar-refractivity contribution < 1.29 is 4.74 Å². The summed E-state index contributed by atoms with van der Waals surface area (Å²) in [5, 5.41) is 10.2. The third-order valence-electron chi connectivity index (χ3n) is 4.38. The molecule has 3 nitrogen and oxygen atoms in total. The first kappa shape index (κ1) is 13.9. The van der Waals surface area contributed by atoms with E-state index in [1.54, 1.807) is 0 Å². The van der Waals surface area contributed by atoms with E-state index in [0.717, 1.165) is 41.7 Å². The molecule has 4 heteroatoms.